The van der Waals surface area contributed by atoms with Crippen molar-refractivity contribution in [1.29, 1.82) is 0 Å². The van der Waals surface area contributed by atoms with Crippen LogP contribution in [0.3, 0.4) is 0 Å². The van der Waals surface area contributed by atoms with Crippen molar-refractivity contribution in [1.82, 2.24) is 24.7 Å². The summed E-state index contributed by atoms with van der Waals surface area (Å²) in [4.78, 5) is 23.4. The molecule has 0 aromatic carbocycles. The first-order valence-electron chi connectivity index (χ1n) is 7.17. The Morgan fingerprint density at radius 1 is 1.30 bits per heavy atom. The van der Waals surface area contributed by atoms with Crippen LogP contribution in [0, 0.1) is 0 Å². The predicted octanol–water partition coefficient (Wildman–Crippen LogP) is 2.54. The summed E-state index contributed by atoms with van der Waals surface area (Å²) in [5.74, 6) is 0.392. The normalized spacial score (nSPS) is 11.8. The molecule has 0 aliphatic rings. The van der Waals surface area contributed by atoms with E-state index in [0.29, 0.717) is 28.7 Å². The van der Waals surface area contributed by atoms with Crippen LogP contribution >= 0.6 is 11.6 Å². The minimum atomic E-state index is -0.264. The number of pyridine rings is 1. The van der Waals surface area contributed by atoms with E-state index in [-0.39, 0.29) is 11.1 Å². The quantitative estimate of drug-likeness (QED) is 0.719. The Morgan fingerprint density at radius 2 is 2.09 bits per heavy atom. The fraction of sp³-hybridized carbons (Fsp3) is 0.333. The molecular weight excluding hydrogens is 316 g/mol. The van der Waals surface area contributed by atoms with Gasteiger partial charge in [-0.05, 0) is 32.4 Å². The zero-order valence-corrected chi connectivity index (χ0v) is 13.8. The molecule has 0 atom stereocenters. The number of hydrogen-bond acceptors (Lipinski definition) is 5. The average Bonchev–Trinajstić information content (AvgIpc) is 2.91. The second-order valence-corrected chi connectivity index (χ2v) is 6.61. The first-order valence-corrected chi connectivity index (χ1v) is 7.55. The van der Waals surface area contributed by atoms with Crippen molar-refractivity contribution >= 4 is 28.6 Å². The molecule has 0 bridgehead atoms. The van der Waals surface area contributed by atoms with Gasteiger partial charge in [0.05, 0.1) is 11.7 Å². The predicted molar refractivity (Wildman–Crippen MR) is 89.7 cm³/mol. The number of aromatic amines is 1. The molecular formula is C15H17ClN6O. The van der Waals surface area contributed by atoms with Crippen molar-refractivity contribution in [2.24, 2.45) is 0 Å². The summed E-state index contributed by atoms with van der Waals surface area (Å²) in [5, 5.41) is 8.28. The van der Waals surface area contributed by atoms with Crippen molar-refractivity contribution in [3.63, 3.8) is 0 Å². The van der Waals surface area contributed by atoms with Crippen molar-refractivity contribution < 1.29 is 0 Å². The second-order valence-electron chi connectivity index (χ2n) is 6.22. The summed E-state index contributed by atoms with van der Waals surface area (Å²) in [6.07, 6.45) is 3.21. The highest BCUT2D eigenvalue weighted by molar-refractivity contribution is 6.29. The SMILES string of the molecule is CC(C)(C)n1ncc2c(=O)[nH]c(NCc3ccc(Cl)nc3)nc21. The van der Waals surface area contributed by atoms with E-state index in [1.807, 2.05) is 26.8 Å². The Labute approximate surface area is 137 Å². The van der Waals surface area contributed by atoms with E-state index < -0.39 is 0 Å². The molecule has 0 amide bonds. The monoisotopic (exact) mass is 332 g/mol. The molecule has 0 radical (unpaired) electrons. The Balaban J connectivity index is 1.92. The van der Waals surface area contributed by atoms with Crippen LogP contribution in [0.5, 0.6) is 0 Å². The van der Waals surface area contributed by atoms with Crippen LogP contribution in [0.2, 0.25) is 5.15 Å². The van der Waals surface area contributed by atoms with E-state index in [9.17, 15) is 4.79 Å². The molecule has 3 heterocycles. The molecule has 3 aromatic heterocycles. The van der Waals surface area contributed by atoms with E-state index >= 15 is 0 Å². The highest BCUT2D eigenvalue weighted by atomic mass is 35.5. The number of rotatable bonds is 3. The van der Waals surface area contributed by atoms with Crippen LogP contribution in [-0.4, -0.2) is 24.7 Å². The number of nitrogens with zero attached hydrogens (tertiary/aromatic N) is 4. The summed E-state index contributed by atoms with van der Waals surface area (Å²) >= 11 is 5.76. The molecule has 0 fully saturated rings. The van der Waals surface area contributed by atoms with E-state index in [1.54, 1.807) is 23.1 Å². The maximum atomic E-state index is 12.2. The topological polar surface area (TPSA) is 88.5 Å². The minimum Gasteiger partial charge on any atom is -0.352 e. The summed E-state index contributed by atoms with van der Waals surface area (Å²) < 4.78 is 1.74. The fourth-order valence-electron chi connectivity index (χ4n) is 2.19. The molecule has 0 aliphatic carbocycles. The van der Waals surface area contributed by atoms with Gasteiger partial charge < -0.3 is 5.32 Å². The van der Waals surface area contributed by atoms with Gasteiger partial charge in [-0.25, -0.2) is 9.67 Å². The van der Waals surface area contributed by atoms with Gasteiger partial charge in [0, 0.05) is 12.7 Å². The molecule has 0 saturated carbocycles. The molecule has 23 heavy (non-hydrogen) atoms. The number of halogens is 1. The van der Waals surface area contributed by atoms with Gasteiger partial charge in [0.15, 0.2) is 5.65 Å². The Hall–Kier alpha value is -2.41. The van der Waals surface area contributed by atoms with Crippen molar-refractivity contribution in [2.45, 2.75) is 32.9 Å². The van der Waals surface area contributed by atoms with Gasteiger partial charge in [0.25, 0.3) is 5.56 Å². The van der Waals surface area contributed by atoms with Crippen molar-refractivity contribution in [3.05, 3.63) is 45.6 Å². The van der Waals surface area contributed by atoms with Gasteiger partial charge in [-0.1, -0.05) is 17.7 Å². The lowest BCUT2D eigenvalue weighted by molar-refractivity contribution is 0.366. The number of aromatic nitrogens is 5. The fourth-order valence-corrected chi connectivity index (χ4v) is 2.30. The second kappa shape index (κ2) is 5.66. The Morgan fingerprint density at radius 3 is 2.74 bits per heavy atom. The average molecular weight is 333 g/mol. The molecule has 7 nitrogen and oxygen atoms in total. The van der Waals surface area contributed by atoms with Crippen molar-refractivity contribution in [2.75, 3.05) is 5.32 Å². The van der Waals surface area contributed by atoms with E-state index in [4.69, 9.17) is 11.6 Å². The van der Waals surface area contributed by atoms with Gasteiger partial charge in [0.2, 0.25) is 5.95 Å². The third-order valence-corrected chi connectivity index (χ3v) is 3.55. The smallest absolute Gasteiger partial charge is 0.263 e. The Kier molecular flexibility index (Phi) is 3.81. The van der Waals surface area contributed by atoms with E-state index in [2.05, 4.69) is 25.4 Å². The summed E-state index contributed by atoms with van der Waals surface area (Å²) in [7, 11) is 0. The molecule has 0 aliphatic heterocycles. The van der Waals surface area contributed by atoms with Crippen LogP contribution in [0.1, 0.15) is 26.3 Å². The van der Waals surface area contributed by atoms with Gasteiger partial charge >= 0.3 is 0 Å². The number of nitrogens with one attached hydrogen (secondary N) is 2. The highest BCUT2D eigenvalue weighted by Gasteiger charge is 2.19. The molecule has 0 spiro atoms. The van der Waals surface area contributed by atoms with Crippen LogP contribution in [-0.2, 0) is 12.1 Å². The van der Waals surface area contributed by atoms with Gasteiger partial charge in [-0.15, -0.1) is 0 Å². The van der Waals surface area contributed by atoms with Crippen molar-refractivity contribution in [3.8, 4) is 0 Å². The molecule has 120 valence electrons. The molecule has 8 heteroatoms. The zero-order valence-electron chi connectivity index (χ0n) is 13.1. The molecule has 0 unspecified atom stereocenters. The van der Waals surface area contributed by atoms with Crippen LogP contribution in [0.15, 0.2) is 29.3 Å². The van der Waals surface area contributed by atoms with E-state index in [1.165, 1.54) is 0 Å². The zero-order chi connectivity index (χ0) is 16.6. The third-order valence-electron chi connectivity index (χ3n) is 3.32. The van der Waals surface area contributed by atoms with Crippen LogP contribution < -0.4 is 10.9 Å². The number of anilines is 1. The van der Waals surface area contributed by atoms with Crippen LogP contribution in [0.4, 0.5) is 5.95 Å². The summed E-state index contributed by atoms with van der Waals surface area (Å²) in [6, 6.07) is 3.57. The third kappa shape index (κ3) is 3.19. The first kappa shape index (κ1) is 15.5. The maximum Gasteiger partial charge on any atom is 0.263 e. The Bertz CT molecular complexity index is 891. The molecule has 3 rings (SSSR count). The summed E-state index contributed by atoms with van der Waals surface area (Å²) in [5.41, 5.74) is 1.00. The first-order chi connectivity index (χ1) is 10.8. The van der Waals surface area contributed by atoms with Gasteiger partial charge in [-0.2, -0.15) is 10.1 Å². The van der Waals surface area contributed by atoms with Crippen LogP contribution in [0.25, 0.3) is 11.0 Å². The maximum absolute atomic E-state index is 12.2. The lowest BCUT2D eigenvalue weighted by Crippen LogP contribution is -2.24. The number of H-pyrrole nitrogens is 1. The summed E-state index contributed by atoms with van der Waals surface area (Å²) in [6.45, 7) is 6.50. The van der Waals surface area contributed by atoms with Gasteiger partial charge in [0.1, 0.15) is 10.5 Å². The minimum absolute atomic E-state index is 0.220. The lowest BCUT2D eigenvalue weighted by Gasteiger charge is -2.19. The molecule has 2 N–H and O–H groups in total. The van der Waals surface area contributed by atoms with Gasteiger partial charge in [-0.3, -0.25) is 9.78 Å². The lowest BCUT2D eigenvalue weighted by atomic mass is 10.1. The largest absolute Gasteiger partial charge is 0.352 e. The number of hydrogen-bond donors (Lipinski definition) is 2. The standard InChI is InChI=1S/C15H17ClN6O/c1-15(2,3)22-12-10(8-19-22)13(23)21-14(20-12)18-7-9-4-5-11(16)17-6-9/h4-6,8H,7H2,1-3H3,(H2,18,20,21,23). The number of fused-ring (bicyclic) bond motifs is 1. The highest BCUT2D eigenvalue weighted by Crippen LogP contribution is 2.18. The molecule has 0 saturated heterocycles. The van der Waals surface area contributed by atoms with E-state index in [0.717, 1.165) is 5.56 Å². The molecule has 3 aromatic rings.